The van der Waals surface area contributed by atoms with Gasteiger partial charge in [0, 0.05) is 0 Å². The maximum Gasteiger partial charge on any atom is 0.277 e. The third kappa shape index (κ3) is 1.60. The fourth-order valence-corrected chi connectivity index (χ4v) is 3.44. The van der Waals surface area contributed by atoms with Gasteiger partial charge in [-0.05, 0) is 24.3 Å². The van der Waals surface area contributed by atoms with Gasteiger partial charge in [-0.25, -0.2) is 0 Å². The topological polar surface area (TPSA) is 98.4 Å². The van der Waals surface area contributed by atoms with Crippen molar-refractivity contribution in [2.75, 3.05) is 7.11 Å². The number of phenols is 1. The molecule has 2 aliphatic heterocycles. The van der Waals surface area contributed by atoms with Crippen molar-refractivity contribution in [2.24, 2.45) is 0 Å². The smallest absolute Gasteiger partial charge is 0.277 e. The standard InChI is InChI=1S/C18H12O7/c1-22-16-12-11(24-17-18(12,21)5-6-23-17)7-9-13(20)8-3-2-4-10(19)14(8)25-15(9)16/h2-7,17,19,21H,1H3. The Labute approximate surface area is 140 Å². The van der Waals surface area contributed by atoms with Gasteiger partial charge < -0.3 is 28.8 Å². The van der Waals surface area contributed by atoms with E-state index < -0.39 is 11.9 Å². The predicted octanol–water partition coefficient (Wildman–Crippen LogP) is 2.11. The van der Waals surface area contributed by atoms with Crippen LogP contribution in [0, 0.1) is 0 Å². The van der Waals surface area contributed by atoms with E-state index in [9.17, 15) is 15.0 Å². The van der Waals surface area contributed by atoms with Crippen LogP contribution in [0.3, 0.4) is 0 Å². The first-order valence-electron chi connectivity index (χ1n) is 7.57. The van der Waals surface area contributed by atoms with Gasteiger partial charge in [-0.1, -0.05) is 6.07 Å². The maximum absolute atomic E-state index is 12.8. The molecule has 0 bridgehead atoms. The zero-order chi connectivity index (χ0) is 17.3. The first-order valence-corrected chi connectivity index (χ1v) is 7.57. The number of ether oxygens (including phenoxy) is 3. The van der Waals surface area contributed by atoms with Crippen molar-refractivity contribution >= 4 is 21.9 Å². The molecule has 5 rings (SSSR count). The van der Waals surface area contributed by atoms with Crippen LogP contribution in [-0.4, -0.2) is 23.6 Å². The molecule has 0 fully saturated rings. The SMILES string of the molecule is COc1c2c(cc3c(=O)c4cccc(O)c4oc13)OC1OC=CC21O. The largest absolute Gasteiger partial charge is 0.504 e. The Balaban J connectivity index is 1.98. The first-order chi connectivity index (χ1) is 12.0. The molecule has 2 atom stereocenters. The molecule has 2 aliphatic rings. The van der Waals surface area contributed by atoms with Crippen molar-refractivity contribution in [3.8, 4) is 17.2 Å². The molecule has 7 heteroatoms. The minimum Gasteiger partial charge on any atom is -0.504 e. The van der Waals surface area contributed by atoms with Gasteiger partial charge in [0.1, 0.15) is 5.75 Å². The third-order valence-electron chi connectivity index (χ3n) is 4.61. The quantitative estimate of drug-likeness (QED) is 0.655. The Hall–Kier alpha value is -3.19. The molecule has 2 unspecified atom stereocenters. The van der Waals surface area contributed by atoms with Gasteiger partial charge >= 0.3 is 0 Å². The average molecular weight is 340 g/mol. The number of phenolic OH excluding ortho intramolecular Hbond substituents is 1. The Kier molecular flexibility index (Phi) is 2.53. The molecule has 0 spiro atoms. The van der Waals surface area contributed by atoms with E-state index in [1.54, 1.807) is 12.1 Å². The van der Waals surface area contributed by atoms with Crippen LogP contribution in [-0.2, 0) is 10.3 Å². The van der Waals surface area contributed by atoms with Crippen LogP contribution in [0.5, 0.6) is 17.2 Å². The second kappa shape index (κ2) is 4.46. The van der Waals surface area contributed by atoms with E-state index in [0.717, 1.165) is 0 Å². The zero-order valence-electron chi connectivity index (χ0n) is 13.0. The number of para-hydroxylation sites is 1. The molecule has 0 radical (unpaired) electrons. The van der Waals surface area contributed by atoms with Crippen LogP contribution in [0.2, 0.25) is 0 Å². The number of hydrogen-bond donors (Lipinski definition) is 2. The lowest BCUT2D eigenvalue weighted by atomic mass is 9.93. The van der Waals surface area contributed by atoms with Gasteiger partial charge in [-0.2, -0.15) is 0 Å². The van der Waals surface area contributed by atoms with E-state index in [4.69, 9.17) is 18.6 Å². The molecule has 0 saturated carbocycles. The molecule has 7 nitrogen and oxygen atoms in total. The van der Waals surface area contributed by atoms with E-state index in [2.05, 4.69) is 0 Å². The number of aromatic hydroxyl groups is 1. The number of fused-ring (bicyclic) bond motifs is 5. The van der Waals surface area contributed by atoms with Crippen LogP contribution in [0.1, 0.15) is 5.56 Å². The van der Waals surface area contributed by atoms with Gasteiger partial charge in [0.2, 0.25) is 5.43 Å². The maximum atomic E-state index is 12.8. The summed E-state index contributed by atoms with van der Waals surface area (Å²) in [4.78, 5) is 12.8. The van der Waals surface area contributed by atoms with E-state index in [1.807, 2.05) is 0 Å². The Bertz CT molecular complexity index is 1140. The van der Waals surface area contributed by atoms with Gasteiger partial charge in [-0.3, -0.25) is 4.79 Å². The van der Waals surface area contributed by atoms with Gasteiger partial charge in [0.25, 0.3) is 6.29 Å². The van der Waals surface area contributed by atoms with Crippen molar-refractivity contribution in [2.45, 2.75) is 11.9 Å². The minimum absolute atomic E-state index is 0.0546. The zero-order valence-corrected chi connectivity index (χ0v) is 13.0. The molecular weight excluding hydrogens is 328 g/mol. The lowest BCUT2D eigenvalue weighted by molar-refractivity contribution is -0.110. The van der Waals surface area contributed by atoms with Crippen molar-refractivity contribution in [1.29, 1.82) is 0 Å². The van der Waals surface area contributed by atoms with Gasteiger partial charge in [0.05, 0.1) is 29.7 Å². The highest BCUT2D eigenvalue weighted by molar-refractivity contribution is 5.96. The molecule has 1 aromatic heterocycles. The summed E-state index contributed by atoms with van der Waals surface area (Å²) < 4.78 is 22.1. The number of hydrogen-bond acceptors (Lipinski definition) is 7. The normalized spacial score (nSPS) is 23.4. The number of benzene rings is 2. The molecular formula is C18H12O7. The number of aliphatic hydroxyl groups is 1. The predicted molar refractivity (Wildman–Crippen MR) is 86.7 cm³/mol. The molecule has 3 aromatic rings. The highest BCUT2D eigenvalue weighted by Gasteiger charge is 2.53. The van der Waals surface area contributed by atoms with Crippen molar-refractivity contribution in [3.05, 3.63) is 52.4 Å². The molecule has 0 amide bonds. The molecule has 0 aliphatic carbocycles. The highest BCUT2D eigenvalue weighted by Crippen LogP contribution is 2.52. The molecule has 3 heterocycles. The molecule has 0 saturated heterocycles. The lowest BCUT2D eigenvalue weighted by Crippen LogP contribution is -2.33. The minimum atomic E-state index is -1.54. The van der Waals surface area contributed by atoms with E-state index in [-0.39, 0.29) is 44.6 Å². The highest BCUT2D eigenvalue weighted by atomic mass is 16.7. The molecule has 25 heavy (non-hydrogen) atoms. The molecule has 126 valence electrons. The summed E-state index contributed by atoms with van der Waals surface area (Å²) in [6.45, 7) is 0. The second-order valence-corrected chi connectivity index (χ2v) is 5.96. The summed E-state index contributed by atoms with van der Waals surface area (Å²) >= 11 is 0. The van der Waals surface area contributed by atoms with Crippen LogP contribution in [0.25, 0.3) is 21.9 Å². The van der Waals surface area contributed by atoms with Crippen LogP contribution in [0.4, 0.5) is 0 Å². The fourth-order valence-electron chi connectivity index (χ4n) is 3.44. The van der Waals surface area contributed by atoms with Crippen LogP contribution in [0.15, 0.2) is 45.8 Å². The second-order valence-electron chi connectivity index (χ2n) is 5.96. The first kappa shape index (κ1) is 14.2. The van der Waals surface area contributed by atoms with Crippen molar-refractivity contribution < 1.29 is 28.8 Å². The van der Waals surface area contributed by atoms with E-state index in [0.29, 0.717) is 5.56 Å². The van der Waals surface area contributed by atoms with E-state index in [1.165, 1.54) is 31.6 Å². The number of methoxy groups -OCH3 is 1. The average Bonchev–Trinajstić information content (AvgIpc) is 3.08. The number of rotatable bonds is 1. The Morgan fingerprint density at radius 2 is 2.08 bits per heavy atom. The summed E-state index contributed by atoms with van der Waals surface area (Å²) in [6.07, 6.45) is 1.85. The van der Waals surface area contributed by atoms with Crippen molar-refractivity contribution in [1.82, 2.24) is 0 Å². The molecule has 2 aromatic carbocycles. The fraction of sp³-hybridized carbons (Fsp3) is 0.167. The third-order valence-corrected chi connectivity index (χ3v) is 4.61. The monoisotopic (exact) mass is 340 g/mol. The summed E-state index contributed by atoms with van der Waals surface area (Å²) in [5.41, 5.74) is -1.38. The van der Waals surface area contributed by atoms with Gasteiger partial charge in [-0.15, -0.1) is 0 Å². The summed E-state index contributed by atoms with van der Waals surface area (Å²) in [7, 11) is 1.40. The Morgan fingerprint density at radius 1 is 1.24 bits per heavy atom. The van der Waals surface area contributed by atoms with Crippen LogP contribution < -0.4 is 14.9 Å². The van der Waals surface area contributed by atoms with Crippen molar-refractivity contribution in [3.63, 3.8) is 0 Å². The summed E-state index contributed by atoms with van der Waals surface area (Å²) in [5.74, 6) is 0.291. The van der Waals surface area contributed by atoms with Crippen LogP contribution >= 0.6 is 0 Å². The summed E-state index contributed by atoms with van der Waals surface area (Å²) in [5, 5.41) is 21.4. The van der Waals surface area contributed by atoms with Gasteiger partial charge in [0.15, 0.2) is 28.3 Å². The van der Waals surface area contributed by atoms with E-state index >= 15 is 0 Å². The Morgan fingerprint density at radius 3 is 2.88 bits per heavy atom. The molecule has 2 N–H and O–H groups in total. The lowest BCUT2D eigenvalue weighted by Gasteiger charge is -2.19. The summed E-state index contributed by atoms with van der Waals surface area (Å²) in [6, 6.07) is 6.05.